The maximum Gasteiger partial charge on any atom is 0.163 e. The Kier molecular flexibility index (Phi) is 3.65. The molecular weight excluding hydrogens is 212 g/mol. The van der Waals surface area contributed by atoms with Crippen LogP contribution in [-0.2, 0) is 0 Å². The Bertz CT molecular complexity index is 496. The second-order valence-electron chi connectivity index (χ2n) is 3.88. The highest BCUT2D eigenvalue weighted by Crippen LogP contribution is 2.18. The van der Waals surface area contributed by atoms with Gasteiger partial charge in [0.05, 0.1) is 0 Å². The summed E-state index contributed by atoms with van der Waals surface area (Å²) in [5.74, 6) is 1.58. The van der Waals surface area contributed by atoms with E-state index in [-0.39, 0.29) is 0 Å². The smallest absolute Gasteiger partial charge is 0.163 e. The summed E-state index contributed by atoms with van der Waals surface area (Å²) in [5.41, 5.74) is 2.11. The average molecular weight is 228 g/mol. The number of pyridine rings is 1. The normalized spacial score (nSPS) is 10.2. The van der Waals surface area contributed by atoms with Gasteiger partial charge in [-0.05, 0) is 31.0 Å². The molecule has 0 aromatic carbocycles. The largest absolute Gasteiger partial charge is 0.370 e. The van der Waals surface area contributed by atoms with E-state index in [1.807, 2.05) is 19.1 Å². The van der Waals surface area contributed by atoms with E-state index in [1.54, 1.807) is 18.6 Å². The van der Waals surface area contributed by atoms with Crippen LogP contribution in [0.15, 0.2) is 30.7 Å². The number of aryl methyl sites for hydroxylation is 1. The maximum atomic E-state index is 4.48. The third-order valence-corrected chi connectivity index (χ3v) is 2.49. The van der Waals surface area contributed by atoms with Gasteiger partial charge in [0.15, 0.2) is 5.82 Å². The van der Waals surface area contributed by atoms with Crippen LogP contribution in [0.5, 0.6) is 0 Å². The molecule has 4 heteroatoms. The number of rotatable bonds is 4. The number of aromatic nitrogens is 3. The predicted molar refractivity (Wildman–Crippen MR) is 68.8 cm³/mol. The van der Waals surface area contributed by atoms with Gasteiger partial charge in [0.25, 0.3) is 0 Å². The van der Waals surface area contributed by atoms with Gasteiger partial charge in [-0.15, -0.1) is 0 Å². The lowest BCUT2D eigenvalue weighted by molar-refractivity contribution is 0.965. The molecule has 2 heterocycles. The van der Waals surface area contributed by atoms with Crippen molar-refractivity contribution < 1.29 is 0 Å². The van der Waals surface area contributed by atoms with E-state index in [2.05, 4.69) is 27.2 Å². The summed E-state index contributed by atoms with van der Waals surface area (Å²) in [5, 5.41) is 3.25. The van der Waals surface area contributed by atoms with Gasteiger partial charge >= 0.3 is 0 Å². The maximum absolute atomic E-state index is 4.48. The fraction of sp³-hybridized carbons (Fsp3) is 0.308. The lowest BCUT2D eigenvalue weighted by Crippen LogP contribution is -2.03. The van der Waals surface area contributed by atoms with E-state index in [4.69, 9.17) is 0 Å². The second-order valence-corrected chi connectivity index (χ2v) is 3.88. The first kappa shape index (κ1) is 11.5. The zero-order chi connectivity index (χ0) is 12.1. The summed E-state index contributed by atoms with van der Waals surface area (Å²) in [6.45, 7) is 5.08. The fourth-order valence-corrected chi connectivity index (χ4v) is 1.54. The van der Waals surface area contributed by atoms with E-state index in [1.165, 1.54) is 0 Å². The summed E-state index contributed by atoms with van der Waals surface area (Å²) in [4.78, 5) is 12.9. The van der Waals surface area contributed by atoms with E-state index < -0.39 is 0 Å². The van der Waals surface area contributed by atoms with Crippen molar-refractivity contribution in [3.63, 3.8) is 0 Å². The monoisotopic (exact) mass is 228 g/mol. The molecule has 2 aromatic rings. The highest BCUT2D eigenvalue weighted by atomic mass is 15.0. The fourth-order valence-electron chi connectivity index (χ4n) is 1.54. The van der Waals surface area contributed by atoms with Crippen molar-refractivity contribution >= 4 is 5.82 Å². The lowest BCUT2D eigenvalue weighted by atomic mass is 10.1. The first-order chi connectivity index (χ1) is 8.31. The quantitative estimate of drug-likeness (QED) is 0.874. The molecule has 4 nitrogen and oxygen atoms in total. The van der Waals surface area contributed by atoms with Gasteiger partial charge in [0.2, 0.25) is 0 Å². The zero-order valence-electron chi connectivity index (χ0n) is 10.1. The van der Waals surface area contributed by atoms with Crippen molar-refractivity contribution in [2.24, 2.45) is 0 Å². The molecule has 0 unspecified atom stereocenters. The number of anilines is 1. The summed E-state index contributed by atoms with van der Waals surface area (Å²) in [6.07, 6.45) is 6.42. The van der Waals surface area contributed by atoms with Crippen molar-refractivity contribution in [2.45, 2.75) is 20.3 Å². The van der Waals surface area contributed by atoms with Gasteiger partial charge in [-0.2, -0.15) is 0 Å². The van der Waals surface area contributed by atoms with Crippen molar-refractivity contribution in [3.8, 4) is 11.4 Å². The summed E-state index contributed by atoms with van der Waals surface area (Å²) < 4.78 is 0. The van der Waals surface area contributed by atoms with Gasteiger partial charge in [-0.3, -0.25) is 4.98 Å². The molecule has 0 aliphatic carbocycles. The Morgan fingerprint density at radius 3 is 2.88 bits per heavy atom. The Morgan fingerprint density at radius 1 is 1.24 bits per heavy atom. The highest BCUT2D eigenvalue weighted by Gasteiger charge is 2.05. The Morgan fingerprint density at radius 2 is 2.12 bits per heavy atom. The molecule has 2 rings (SSSR count). The van der Waals surface area contributed by atoms with Crippen LogP contribution in [-0.4, -0.2) is 21.5 Å². The summed E-state index contributed by atoms with van der Waals surface area (Å²) in [7, 11) is 0. The highest BCUT2D eigenvalue weighted by molar-refractivity contribution is 5.59. The molecule has 0 spiro atoms. The van der Waals surface area contributed by atoms with Crippen LogP contribution >= 0.6 is 0 Å². The molecule has 0 amide bonds. The van der Waals surface area contributed by atoms with E-state index in [0.717, 1.165) is 35.7 Å². The number of nitrogens with one attached hydrogen (secondary N) is 1. The zero-order valence-corrected chi connectivity index (χ0v) is 10.1. The van der Waals surface area contributed by atoms with Gasteiger partial charge in [0, 0.05) is 30.7 Å². The van der Waals surface area contributed by atoms with Crippen LogP contribution in [0.4, 0.5) is 5.82 Å². The second kappa shape index (κ2) is 5.39. The third kappa shape index (κ3) is 2.78. The van der Waals surface area contributed by atoms with E-state index in [0.29, 0.717) is 0 Å². The van der Waals surface area contributed by atoms with Crippen LogP contribution in [0.3, 0.4) is 0 Å². The topological polar surface area (TPSA) is 50.7 Å². The van der Waals surface area contributed by atoms with Crippen molar-refractivity contribution in [1.29, 1.82) is 0 Å². The van der Waals surface area contributed by atoms with Gasteiger partial charge in [-0.1, -0.05) is 6.92 Å². The minimum Gasteiger partial charge on any atom is -0.370 e. The standard InChI is InChI=1S/C13H16N4/c1-3-6-15-12-5-8-16-13(17-12)11-9-14-7-4-10(11)2/h4-5,7-9H,3,6H2,1-2H3,(H,15,16,17). The van der Waals surface area contributed by atoms with Gasteiger partial charge < -0.3 is 5.32 Å². The van der Waals surface area contributed by atoms with Crippen molar-refractivity contribution in [2.75, 3.05) is 11.9 Å². The van der Waals surface area contributed by atoms with Crippen LogP contribution in [0.2, 0.25) is 0 Å². The molecule has 0 saturated heterocycles. The minimum atomic E-state index is 0.719. The van der Waals surface area contributed by atoms with E-state index >= 15 is 0 Å². The molecule has 0 radical (unpaired) electrons. The third-order valence-electron chi connectivity index (χ3n) is 2.49. The Labute approximate surface area is 101 Å². The minimum absolute atomic E-state index is 0.719. The van der Waals surface area contributed by atoms with Crippen LogP contribution in [0.1, 0.15) is 18.9 Å². The molecule has 0 bridgehead atoms. The van der Waals surface area contributed by atoms with Gasteiger partial charge in [-0.25, -0.2) is 9.97 Å². The first-order valence-electron chi connectivity index (χ1n) is 5.79. The summed E-state index contributed by atoms with van der Waals surface area (Å²) >= 11 is 0. The Hall–Kier alpha value is -1.97. The number of hydrogen-bond acceptors (Lipinski definition) is 4. The lowest BCUT2D eigenvalue weighted by Gasteiger charge is -2.06. The first-order valence-corrected chi connectivity index (χ1v) is 5.79. The van der Waals surface area contributed by atoms with Crippen molar-refractivity contribution in [3.05, 3.63) is 36.3 Å². The molecule has 0 atom stereocenters. The van der Waals surface area contributed by atoms with Crippen molar-refractivity contribution in [1.82, 2.24) is 15.0 Å². The molecule has 0 fully saturated rings. The molecule has 88 valence electrons. The SMILES string of the molecule is CCCNc1ccnc(-c2cnccc2C)n1. The van der Waals surface area contributed by atoms with Gasteiger partial charge in [0.1, 0.15) is 5.82 Å². The number of nitrogens with zero attached hydrogens (tertiary/aromatic N) is 3. The molecule has 1 N–H and O–H groups in total. The molecule has 17 heavy (non-hydrogen) atoms. The predicted octanol–water partition coefficient (Wildman–Crippen LogP) is 2.67. The molecule has 0 saturated carbocycles. The summed E-state index contributed by atoms with van der Waals surface area (Å²) in [6, 6.07) is 3.84. The molecule has 0 aliphatic rings. The molecule has 2 aromatic heterocycles. The number of hydrogen-bond donors (Lipinski definition) is 1. The van der Waals surface area contributed by atoms with E-state index in [9.17, 15) is 0 Å². The molecular formula is C13H16N4. The average Bonchev–Trinajstić information content (AvgIpc) is 2.37. The molecule has 0 aliphatic heterocycles. The van der Waals surface area contributed by atoms with Crippen LogP contribution in [0, 0.1) is 6.92 Å². The van der Waals surface area contributed by atoms with Crippen LogP contribution in [0.25, 0.3) is 11.4 Å². The Balaban J connectivity index is 2.30. The van der Waals surface area contributed by atoms with Crippen LogP contribution < -0.4 is 5.32 Å².